The first-order valence-electron chi connectivity index (χ1n) is 7.05. The fourth-order valence-electron chi connectivity index (χ4n) is 2.12. The van der Waals surface area contributed by atoms with Crippen LogP contribution in [0.2, 0.25) is 0 Å². The minimum atomic E-state index is -0.229. The summed E-state index contributed by atoms with van der Waals surface area (Å²) in [4.78, 5) is 21.2. The van der Waals surface area contributed by atoms with Crippen LogP contribution in [0.25, 0.3) is 11.3 Å². The van der Waals surface area contributed by atoms with Crippen LogP contribution >= 0.6 is 11.8 Å². The van der Waals surface area contributed by atoms with Crippen molar-refractivity contribution in [2.24, 2.45) is 0 Å². The Hall–Kier alpha value is -2.60. The van der Waals surface area contributed by atoms with Crippen LogP contribution in [-0.2, 0) is 6.54 Å². The molecule has 1 N–H and O–H groups in total. The average Bonchev–Trinajstić information content (AvgIpc) is 3.13. The SMILES string of the molecule is CSc1ncc(C(=O)NCc2ccco2)c(-c2ccccc2)n1. The second-order valence-electron chi connectivity index (χ2n) is 4.75. The monoisotopic (exact) mass is 325 g/mol. The highest BCUT2D eigenvalue weighted by Gasteiger charge is 2.16. The fourth-order valence-corrected chi connectivity index (χ4v) is 2.46. The Labute approximate surface area is 138 Å². The van der Waals surface area contributed by atoms with Crippen LogP contribution in [0.3, 0.4) is 0 Å². The zero-order valence-electron chi connectivity index (χ0n) is 12.5. The summed E-state index contributed by atoms with van der Waals surface area (Å²) in [5.74, 6) is 0.467. The predicted molar refractivity (Wildman–Crippen MR) is 89.1 cm³/mol. The van der Waals surface area contributed by atoms with Gasteiger partial charge in [-0.25, -0.2) is 9.97 Å². The molecule has 0 spiro atoms. The van der Waals surface area contributed by atoms with Gasteiger partial charge in [0, 0.05) is 11.8 Å². The van der Waals surface area contributed by atoms with Crippen molar-refractivity contribution in [3.8, 4) is 11.3 Å². The van der Waals surface area contributed by atoms with E-state index in [2.05, 4.69) is 15.3 Å². The van der Waals surface area contributed by atoms with Crippen LogP contribution in [0, 0.1) is 0 Å². The van der Waals surface area contributed by atoms with Gasteiger partial charge in [-0.15, -0.1) is 0 Å². The van der Waals surface area contributed by atoms with Crippen molar-refractivity contribution in [2.45, 2.75) is 11.7 Å². The van der Waals surface area contributed by atoms with E-state index in [4.69, 9.17) is 4.42 Å². The molecule has 0 aliphatic rings. The Morgan fingerprint density at radius 3 is 2.74 bits per heavy atom. The van der Waals surface area contributed by atoms with E-state index in [1.165, 1.54) is 11.8 Å². The Bertz CT molecular complexity index is 789. The van der Waals surface area contributed by atoms with Gasteiger partial charge in [0.25, 0.3) is 5.91 Å². The number of carbonyl (C=O) groups excluding carboxylic acids is 1. The van der Waals surface area contributed by atoms with E-state index >= 15 is 0 Å². The summed E-state index contributed by atoms with van der Waals surface area (Å²) < 4.78 is 5.22. The minimum Gasteiger partial charge on any atom is -0.467 e. The normalized spacial score (nSPS) is 10.5. The number of thioether (sulfide) groups is 1. The van der Waals surface area contributed by atoms with E-state index < -0.39 is 0 Å². The zero-order chi connectivity index (χ0) is 16.1. The summed E-state index contributed by atoms with van der Waals surface area (Å²) in [6, 6.07) is 13.2. The lowest BCUT2D eigenvalue weighted by molar-refractivity contribution is 0.0948. The van der Waals surface area contributed by atoms with E-state index in [0.29, 0.717) is 28.7 Å². The van der Waals surface area contributed by atoms with Crippen molar-refractivity contribution >= 4 is 17.7 Å². The van der Waals surface area contributed by atoms with Gasteiger partial charge < -0.3 is 9.73 Å². The number of furan rings is 1. The molecule has 2 aromatic heterocycles. The summed E-state index contributed by atoms with van der Waals surface area (Å²) >= 11 is 1.44. The summed E-state index contributed by atoms with van der Waals surface area (Å²) in [5, 5.41) is 3.46. The Morgan fingerprint density at radius 2 is 2.04 bits per heavy atom. The van der Waals surface area contributed by atoms with Crippen molar-refractivity contribution < 1.29 is 9.21 Å². The number of benzene rings is 1. The first-order chi connectivity index (χ1) is 11.3. The topological polar surface area (TPSA) is 68.0 Å². The zero-order valence-corrected chi connectivity index (χ0v) is 13.3. The molecule has 2 heterocycles. The number of nitrogens with one attached hydrogen (secondary N) is 1. The smallest absolute Gasteiger partial charge is 0.255 e. The number of rotatable bonds is 5. The third-order valence-electron chi connectivity index (χ3n) is 3.24. The standard InChI is InChI=1S/C17H15N3O2S/c1-23-17-19-11-14(15(20-17)12-6-3-2-4-7-12)16(21)18-10-13-8-5-9-22-13/h2-9,11H,10H2,1H3,(H,18,21). The maximum Gasteiger partial charge on any atom is 0.255 e. The molecule has 1 amide bonds. The van der Waals surface area contributed by atoms with Gasteiger partial charge in [-0.3, -0.25) is 4.79 Å². The number of amides is 1. The van der Waals surface area contributed by atoms with Crippen molar-refractivity contribution in [3.63, 3.8) is 0 Å². The molecule has 6 heteroatoms. The number of aromatic nitrogens is 2. The molecule has 23 heavy (non-hydrogen) atoms. The van der Waals surface area contributed by atoms with Crippen molar-refractivity contribution in [1.29, 1.82) is 0 Å². The Morgan fingerprint density at radius 1 is 1.22 bits per heavy atom. The first-order valence-corrected chi connectivity index (χ1v) is 8.27. The van der Waals surface area contributed by atoms with E-state index in [9.17, 15) is 4.79 Å². The van der Waals surface area contributed by atoms with Crippen LogP contribution in [-0.4, -0.2) is 22.1 Å². The molecule has 0 fully saturated rings. The average molecular weight is 325 g/mol. The van der Waals surface area contributed by atoms with Crippen LogP contribution < -0.4 is 5.32 Å². The highest BCUT2D eigenvalue weighted by atomic mass is 32.2. The van der Waals surface area contributed by atoms with Gasteiger partial charge in [-0.1, -0.05) is 42.1 Å². The lowest BCUT2D eigenvalue weighted by Gasteiger charge is -2.10. The van der Waals surface area contributed by atoms with Crippen LogP contribution in [0.1, 0.15) is 16.1 Å². The van der Waals surface area contributed by atoms with Gasteiger partial charge in [0.1, 0.15) is 5.76 Å². The Balaban J connectivity index is 1.90. The van der Waals surface area contributed by atoms with Gasteiger partial charge in [0.2, 0.25) is 0 Å². The molecule has 0 saturated carbocycles. The minimum absolute atomic E-state index is 0.229. The summed E-state index contributed by atoms with van der Waals surface area (Å²) in [7, 11) is 0. The molecule has 0 aliphatic carbocycles. The summed E-state index contributed by atoms with van der Waals surface area (Å²) in [5.41, 5.74) is 1.95. The van der Waals surface area contributed by atoms with Gasteiger partial charge in [-0.2, -0.15) is 0 Å². The third kappa shape index (κ3) is 3.60. The van der Waals surface area contributed by atoms with Crippen LogP contribution in [0.15, 0.2) is 64.5 Å². The number of nitrogens with zero attached hydrogens (tertiary/aromatic N) is 2. The second kappa shape index (κ2) is 7.11. The Kier molecular flexibility index (Phi) is 4.73. The molecular formula is C17H15N3O2S. The highest BCUT2D eigenvalue weighted by molar-refractivity contribution is 7.98. The molecule has 0 unspecified atom stereocenters. The quantitative estimate of drug-likeness (QED) is 0.575. The molecule has 0 radical (unpaired) electrons. The van der Waals surface area contributed by atoms with E-state index in [-0.39, 0.29) is 5.91 Å². The van der Waals surface area contributed by atoms with Crippen molar-refractivity contribution in [1.82, 2.24) is 15.3 Å². The maximum atomic E-state index is 12.5. The largest absolute Gasteiger partial charge is 0.467 e. The van der Waals surface area contributed by atoms with Crippen molar-refractivity contribution in [2.75, 3.05) is 6.26 Å². The number of hydrogen-bond acceptors (Lipinski definition) is 5. The number of carbonyl (C=O) groups is 1. The van der Waals surface area contributed by atoms with E-state index in [0.717, 1.165) is 5.56 Å². The third-order valence-corrected chi connectivity index (χ3v) is 3.81. The molecule has 5 nitrogen and oxygen atoms in total. The van der Waals surface area contributed by atoms with Crippen molar-refractivity contribution in [3.05, 3.63) is 66.2 Å². The van der Waals surface area contributed by atoms with Gasteiger partial charge in [-0.05, 0) is 18.4 Å². The van der Waals surface area contributed by atoms with Gasteiger partial charge in [0.15, 0.2) is 5.16 Å². The fraction of sp³-hybridized carbons (Fsp3) is 0.118. The molecule has 0 aliphatic heterocycles. The second-order valence-corrected chi connectivity index (χ2v) is 5.52. The van der Waals surface area contributed by atoms with Gasteiger partial charge in [0.05, 0.1) is 24.1 Å². The summed E-state index contributed by atoms with van der Waals surface area (Å²) in [6.45, 7) is 0.324. The molecule has 0 saturated heterocycles. The molecule has 1 aromatic carbocycles. The molecule has 3 rings (SSSR count). The highest BCUT2D eigenvalue weighted by Crippen LogP contribution is 2.23. The van der Waals surface area contributed by atoms with Crippen LogP contribution in [0.5, 0.6) is 0 Å². The molecular weight excluding hydrogens is 310 g/mol. The first kappa shape index (κ1) is 15.3. The lowest BCUT2D eigenvalue weighted by atomic mass is 10.1. The van der Waals surface area contributed by atoms with Crippen LogP contribution in [0.4, 0.5) is 0 Å². The lowest BCUT2D eigenvalue weighted by Crippen LogP contribution is -2.24. The molecule has 3 aromatic rings. The predicted octanol–water partition coefficient (Wildman–Crippen LogP) is 3.39. The summed E-state index contributed by atoms with van der Waals surface area (Å²) in [6.07, 6.45) is 5.05. The maximum absolute atomic E-state index is 12.5. The van der Waals surface area contributed by atoms with E-state index in [1.807, 2.05) is 42.7 Å². The molecule has 116 valence electrons. The molecule has 0 bridgehead atoms. The number of hydrogen-bond donors (Lipinski definition) is 1. The molecule has 0 atom stereocenters. The van der Waals surface area contributed by atoms with E-state index in [1.54, 1.807) is 18.5 Å². The van der Waals surface area contributed by atoms with Gasteiger partial charge >= 0.3 is 0 Å².